The van der Waals surface area contributed by atoms with Crippen LogP contribution in [0, 0.1) is 0 Å². The van der Waals surface area contributed by atoms with Gasteiger partial charge in [-0.3, -0.25) is 5.32 Å². The van der Waals surface area contributed by atoms with Crippen LogP contribution in [0.5, 0.6) is 0 Å². The van der Waals surface area contributed by atoms with E-state index in [0.29, 0.717) is 6.54 Å². The Morgan fingerprint density at radius 1 is 1.38 bits per heavy atom. The van der Waals surface area contributed by atoms with Gasteiger partial charge in [-0.05, 0) is 5.56 Å². The van der Waals surface area contributed by atoms with Gasteiger partial charge < -0.3 is 11.1 Å². The number of nitrogens with two attached hydrogens (primary N) is 1. The average Bonchev–Trinajstić information content (AvgIpc) is 2.27. The quantitative estimate of drug-likeness (QED) is 0.540. The fourth-order valence-electron chi connectivity index (χ4n) is 0.960. The molecule has 1 rings (SSSR count). The molecule has 0 aliphatic rings. The summed E-state index contributed by atoms with van der Waals surface area (Å²) in [6.45, 7) is 0.340. The summed E-state index contributed by atoms with van der Waals surface area (Å²) in [5, 5.41) is 6.60. The van der Waals surface area contributed by atoms with Gasteiger partial charge in [0.25, 0.3) is 0 Å². The Morgan fingerprint density at radius 3 is 2.56 bits per heavy atom. The predicted molar refractivity (Wildman–Crippen MR) is 61.8 cm³/mol. The molecule has 4 N–H and O–H groups in total. The van der Waals surface area contributed by atoms with Crippen LogP contribution >= 0.6 is 12.4 Å². The van der Waals surface area contributed by atoms with Gasteiger partial charge in [-0.2, -0.15) is 0 Å². The van der Waals surface area contributed by atoms with Crippen LogP contribution in [0.2, 0.25) is 0 Å². The van der Waals surface area contributed by atoms with E-state index in [9.17, 15) is 9.28 Å². The maximum Gasteiger partial charge on any atom is 0.321 e. The van der Waals surface area contributed by atoms with E-state index in [4.69, 9.17) is 5.73 Å². The van der Waals surface area contributed by atoms with Crippen molar-refractivity contribution in [2.24, 2.45) is 10.9 Å². The Balaban J connectivity index is 0.00000225. The van der Waals surface area contributed by atoms with Crippen LogP contribution in [-0.4, -0.2) is 12.0 Å². The number of nitrogens with zero attached hydrogens (tertiary/aromatic N) is 1. The average molecular weight is 247 g/mol. The van der Waals surface area contributed by atoms with Crippen molar-refractivity contribution in [1.82, 2.24) is 10.6 Å². The molecule has 0 saturated carbocycles. The molecule has 2 amide bonds. The first-order valence-electron chi connectivity index (χ1n) is 4.25. The Hall–Kier alpha value is -1.82. The van der Waals surface area contributed by atoms with Gasteiger partial charge in [0, 0.05) is 6.54 Å². The predicted octanol–water partition coefficient (Wildman–Crippen LogP) is 1.11. The molecule has 0 aliphatic heterocycles. The smallest absolute Gasteiger partial charge is 0.321 e. The van der Waals surface area contributed by atoms with Gasteiger partial charge in [-0.15, -0.1) is 12.4 Å². The number of guanidine groups is 1. The summed E-state index contributed by atoms with van der Waals surface area (Å²) in [7, 11) is 0. The van der Waals surface area contributed by atoms with Crippen LogP contribution in [0.4, 0.5) is 9.28 Å². The summed E-state index contributed by atoms with van der Waals surface area (Å²) in [5.41, 5.74) is 5.88. The molecule has 0 spiro atoms. The number of benzene rings is 1. The molecule has 5 nitrogen and oxygen atoms in total. The lowest BCUT2D eigenvalue weighted by molar-refractivity contribution is 0.244. The molecule has 0 bridgehead atoms. The first kappa shape index (κ1) is 14.2. The Bertz CT molecular complexity index is 358. The summed E-state index contributed by atoms with van der Waals surface area (Å²) in [6, 6.07) is 8.69. The van der Waals surface area contributed by atoms with E-state index in [0.717, 1.165) is 5.56 Å². The second kappa shape index (κ2) is 7.47. The molecule has 16 heavy (non-hydrogen) atoms. The van der Waals surface area contributed by atoms with Gasteiger partial charge >= 0.3 is 6.03 Å². The highest BCUT2D eigenvalue weighted by Gasteiger charge is 2.01. The van der Waals surface area contributed by atoms with Crippen molar-refractivity contribution >= 4 is 24.4 Å². The first-order chi connectivity index (χ1) is 7.22. The molecule has 0 atom stereocenters. The van der Waals surface area contributed by atoms with Crippen LogP contribution < -0.4 is 16.4 Å². The van der Waals surface area contributed by atoms with Crippen molar-refractivity contribution in [3.8, 4) is 0 Å². The molecule has 0 saturated heterocycles. The highest BCUT2D eigenvalue weighted by Crippen LogP contribution is 1.96. The van der Waals surface area contributed by atoms with Gasteiger partial charge in [0.2, 0.25) is 5.96 Å². The van der Waals surface area contributed by atoms with Crippen LogP contribution in [-0.2, 0) is 6.54 Å². The molecular formula is C9H12ClFN4O. The highest BCUT2D eigenvalue weighted by atomic mass is 35.5. The van der Waals surface area contributed by atoms with Crippen LogP contribution in [0.3, 0.4) is 0 Å². The topological polar surface area (TPSA) is 79.5 Å². The summed E-state index contributed by atoms with van der Waals surface area (Å²) in [5.74, 6) is -0.569. The fourth-order valence-corrected chi connectivity index (χ4v) is 0.960. The second-order valence-corrected chi connectivity index (χ2v) is 2.76. The number of hydrogen-bond acceptors (Lipinski definition) is 2. The van der Waals surface area contributed by atoms with Gasteiger partial charge in [0.15, 0.2) is 0 Å². The van der Waals surface area contributed by atoms with Crippen molar-refractivity contribution in [3.63, 3.8) is 0 Å². The van der Waals surface area contributed by atoms with Crippen molar-refractivity contribution in [2.45, 2.75) is 6.54 Å². The molecule has 1 aromatic carbocycles. The molecule has 88 valence electrons. The molecule has 0 aliphatic carbocycles. The summed E-state index contributed by atoms with van der Waals surface area (Å²) in [4.78, 5) is 11.0. The number of rotatable bonds is 2. The summed E-state index contributed by atoms with van der Waals surface area (Å²) < 4.78 is 11.5. The largest absolute Gasteiger partial charge is 0.367 e. The number of carbonyl (C=O) groups is 1. The minimum Gasteiger partial charge on any atom is -0.367 e. The number of hydrogen-bond donors (Lipinski definition) is 3. The molecule has 1 aromatic rings. The zero-order valence-electron chi connectivity index (χ0n) is 8.31. The molecule has 0 heterocycles. The minimum absolute atomic E-state index is 0. The summed E-state index contributed by atoms with van der Waals surface area (Å²) in [6.07, 6.45) is 0. The maximum atomic E-state index is 11.5. The SMILES string of the molecule is Cl.NC(=NF)NC(=O)NCc1ccccc1. The zero-order valence-corrected chi connectivity index (χ0v) is 9.13. The van der Waals surface area contributed by atoms with E-state index >= 15 is 0 Å². The van der Waals surface area contributed by atoms with E-state index in [1.165, 1.54) is 0 Å². The van der Waals surface area contributed by atoms with Crippen molar-refractivity contribution in [3.05, 3.63) is 35.9 Å². The van der Waals surface area contributed by atoms with Gasteiger partial charge in [-0.1, -0.05) is 40.0 Å². The lowest BCUT2D eigenvalue weighted by Gasteiger charge is -2.05. The Kier molecular flexibility index (Phi) is 6.62. The third-order valence-electron chi connectivity index (χ3n) is 1.63. The number of nitrogens with one attached hydrogen (secondary N) is 2. The van der Waals surface area contributed by atoms with E-state index in [1.807, 2.05) is 35.6 Å². The van der Waals surface area contributed by atoms with Crippen molar-refractivity contribution < 1.29 is 9.28 Å². The van der Waals surface area contributed by atoms with Crippen molar-refractivity contribution in [2.75, 3.05) is 0 Å². The number of amides is 2. The Morgan fingerprint density at radius 2 is 2.00 bits per heavy atom. The van der Waals surface area contributed by atoms with E-state index in [2.05, 4.69) is 10.5 Å². The van der Waals surface area contributed by atoms with E-state index in [-0.39, 0.29) is 12.4 Å². The Labute approximate surface area is 98.3 Å². The lowest BCUT2D eigenvalue weighted by atomic mass is 10.2. The first-order valence-corrected chi connectivity index (χ1v) is 4.25. The number of urea groups is 1. The van der Waals surface area contributed by atoms with Gasteiger partial charge in [0.05, 0.1) is 0 Å². The monoisotopic (exact) mass is 246 g/mol. The molecule has 0 unspecified atom stereocenters. The maximum absolute atomic E-state index is 11.5. The number of halogens is 2. The third-order valence-corrected chi connectivity index (χ3v) is 1.63. The normalized spacial score (nSPS) is 10.2. The van der Waals surface area contributed by atoms with Crippen LogP contribution in [0.15, 0.2) is 35.5 Å². The van der Waals surface area contributed by atoms with Crippen LogP contribution in [0.25, 0.3) is 0 Å². The van der Waals surface area contributed by atoms with E-state index in [1.54, 1.807) is 0 Å². The fraction of sp³-hybridized carbons (Fsp3) is 0.111. The van der Waals surface area contributed by atoms with Gasteiger partial charge in [-0.25, -0.2) is 4.79 Å². The minimum atomic E-state index is -0.599. The van der Waals surface area contributed by atoms with E-state index < -0.39 is 12.0 Å². The molecular weight excluding hydrogens is 235 g/mol. The number of carbonyl (C=O) groups excluding carboxylic acids is 1. The molecule has 7 heteroatoms. The standard InChI is InChI=1S/C9H11FN4O.ClH/c10-14-8(11)13-9(15)12-6-7-4-2-1-3-5-7;/h1-5H,6H2,(H4,11,12,13,14,15);1H. The third kappa shape index (κ3) is 5.16. The zero-order chi connectivity index (χ0) is 11.1. The lowest BCUT2D eigenvalue weighted by Crippen LogP contribution is -2.42. The second-order valence-electron chi connectivity index (χ2n) is 2.76. The highest BCUT2D eigenvalue weighted by molar-refractivity contribution is 5.94. The van der Waals surface area contributed by atoms with Crippen molar-refractivity contribution in [1.29, 1.82) is 0 Å². The molecule has 0 aromatic heterocycles. The summed E-state index contributed by atoms with van der Waals surface area (Å²) >= 11 is 0. The molecule has 0 radical (unpaired) electrons. The van der Waals surface area contributed by atoms with Crippen LogP contribution in [0.1, 0.15) is 5.56 Å². The van der Waals surface area contributed by atoms with Gasteiger partial charge in [0.1, 0.15) is 0 Å². The molecule has 0 fully saturated rings.